The van der Waals surface area contributed by atoms with Gasteiger partial charge in [-0.3, -0.25) is 9.69 Å². The molecule has 2 aromatic carbocycles. The van der Waals surface area contributed by atoms with Gasteiger partial charge in [0.05, 0.1) is 19.1 Å². The molecule has 1 fully saturated rings. The summed E-state index contributed by atoms with van der Waals surface area (Å²) in [4.78, 5) is 17.0. The van der Waals surface area contributed by atoms with Crippen LogP contribution >= 0.6 is 24.0 Å². The van der Waals surface area contributed by atoms with Gasteiger partial charge in [0.1, 0.15) is 4.32 Å². The second-order valence-electron chi connectivity index (χ2n) is 6.20. The van der Waals surface area contributed by atoms with E-state index in [4.69, 9.17) is 21.7 Å². The van der Waals surface area contributed by atoms with Crippen LogP contribution in [0.4, 0.5) is 5.69 Å². The van der Waals surface area contributed by atoms with Crippen molar-refractivity contribution in [1.29, 1.82) is 0 Å². The topological polar surface area (TPSA) is 42.0 Å². The highest BCUT2D eigenvalue weighted by atomic mass is 32.2. The second kappa shape index (κ2) is 9.12. The smallest absolute Gasteiger partial charge is 0.267 e. The third kappa shape index (κ3) is 4.48. The maximum Gasteiger partial charge on any atom is 0.267 e. The average Bonchev–Trinajstić information content (AvgIpc) is 2.99. The Morgan fingerprint density at radius 3 is 2.50 bits per heavy atom. The lowest BCUT2D eigenvalue weighted by Gasteiger charge is -2.16. The number of methoxy groups -OCH3 is 2. The fourth-order valence-electron chi connectivity index (χ4n) is 2.87. The number of carbonyl (C=O) groups excluding carboxylic acids is 1. The van der Waals surface area contributed by atoms with E-state index in [1.807, 2.05) is 66.7 Å². The van der Waals surface area contributed by atoms with Crippen molar-refractivity contribution in [2.45, 2.75) is 6.42 Å². The Hall–Kier alpha value is -2.51. The van der Waals surface area contributed by atoms with Gasteiger partial charge in [-0.15, -0.1) is 0 Å². The van der Waals surface area contributed by atoms with E-state index in [0.29, 0.717) is 33.7 Å². The molecule has 146 valence electrons. The van der Waals surface area contributed by atoms with E-state index in [1.165, 1.54) is 11.8 Å². The Kier molecular flexibility index (Phi) is 6.59. The van der Waals surface area contributed by atoms with Gasteiger partial charge in [-0.2, -0.15) is 0 Å². The van der Waals surface area contributed by atoms with Gasteiger partial charge in [0.15, 0.2) is 11.5 Å². The van der Waals surface area contributed by atoms with Crippen LogP contribution in [0.5, 0.6) is 11.5 Å². The van der Waals surface area contributed by atoms with Crippen molar-refractivity contribution in [2.24, 2.45) is 0 Å². The molecule has 0 spiro atoms. The summed E-state index contributed by atoms with van der Waals surface area (Å²) in [6.07, 6.45) is 2.51. The number of hydrogen-bond donors (Lipinski definition) is 0. The third-order valence-corrected chi connectivity index (χ3v) is 5.79. The van der Waals surface area contributed by atoms with Crippen LogP contribution in [0.2, 0.25) is 0 Å². The molecule has 28 heavy (non-hydrogen) atoms. The van der Waals surface area contributed by atoms with Crippen LogP contribution in [0.3, 0.4) is 0 Å². The maximum atomic E-state index is 12.8. The monoisotopic (exact) mass is 414 g/mol. The number of amides is 1. The van der Waals surface area contributed by atoms with Gasteiger partial charge in [-0.25, -0.2) is 0 Å². The number of ether oxygens (including phenoxy) is 2. The maximum absolute atomic E-state index is 12.8. The largest absolute Gasteiger partial charge is 0.493 e. The Morgan fingerprint density at radius 1 is 1.11 bits per heavy atom. The van der Waals surface area contributed by atoms with Crippen LogP contribution in [0.1, 0.15) is 5.56 Å². The van der Waals surface area contributed by atoms with E-state index in [2.05, 4.69) is 0 Å². The lowest BCUT2D eigenvalue weighted by Crippen LogP contribution is -2.30. The molecule has 1 aliphatic rings. The molecule has 0 radical (unpaired) electrons. The number of rotatable bonds is 7. The summed E-state index contributed by atoms with van der Waals surface area (Å²) < 4.78 is 11.2. The summed E-state index contributed by atoms with van der Waals surface area (Å²) in [6, 6.07) is 15.6. The molecule has 0 atom stereocenters. The zero-order valence-electron chi connectivity index (χ0n) is 16.0. The van der Waals surface area contributed by atoms with Crippen molar-refractivity contribution in [2.75, 3.05) is 32.7 Å². The standard InChI is InChI=1S/C21H22N2O3S2/c1-22(16-7-5-4-6-8-16)14-19-20(24)23(21(27)28-19)12-11-15-9-10-17(25-2)18(13-15)26-3/h4-10,13-14H,11-12H2,1-3H3. The highest BCUT2D eigenvalue weighted by Crippen LogP contribution is 2.32. The highest BCUT2D eigenvalue weighted by Gasteiger charge is 2.32. The van der Waals surface area contributed by atoms with Crippen molar-refractivity contribution in [1.82, 2.24) is 4.90 Å². The van der Waals surface area contributed by atoms with E-state index in [9.17, 15) is 4.79 Å². The first kappa shape index (κ1) is 20.2. The molecule has 0 N–H and O–H groups in total. The Labute approximate surface area is 174 Å². The number of para-hydroxylation sites is 1. The van der Waals surface area contributed by atoms with Crippen LogP contribution in [0.25, 0.3) is 0 Å². The Bertz CT molecular complexity index is 900. The van der Waals surface area contributed by atoms with Crippen molar-refractivity contribution >= 4 is 39.9 Å². The number of hydrogen-bond acceptors (Lipinski definition) is 6. The number of carbonyl (C=O) groups is 1. The van der Waals surface area contributed by atoms with Crippen LogP contribution in [-0.2, 0) is 11.2 Å². The molecule has 0 aliphatic carbocycles. The molecule has 1 heterocycles. The molecule has 2 aromatic rings. The fraction of sp³-hybridized carbons (Fsp3) is 0.238. The molecule has 0 saturated carbocycles. The zero-order chi connectivity index (χ0) is 20.1. The predicted octanol–water partition coefficient (Wildman–Crippen LogP) is 4.08. The first-order valence-electron chi connectivity index (χ1n) is 8.77. The molecular weight excluding hydrogens is 392 g/mol. The summed E-state index contributed by atoms with van der Waals surface area (Å²) in [5.74, 6) is 1.30. The molecule has 7 heteroatoms. The molecular formula is C21H22N2O3S2. The van der Waals surface area contributed by atoms with Gasteiger partial charge in [-0.1, -0.05) is 48.2 Å². The molecule has 5 nitrogen and oxygen atoms in total. The number of thiocarbonyl (C=S) groups is 1. The summed E-state index contributed by atoms with van der Waals surface area (Å²) in [6.45, 7) is 0.520. The normalized spacial score (nSPS) is 15.2. The molecule has 0 aromatic heterocycles. The minimum absolute atomic E-state index is 0.0572. The SMILES string of the molecule is COc1ccc(CCN2C(=O)C(=CN(C)c3ccccc3)SC2=S)cc1OC. The highest BCUT2D eigenvalue weighted by molar-refractivity contribution is 8.26. The van der Waals surface area contributed by atoms with Crippen LogP contribution < -0.4 is 14.4 Å². The van der Waals surface area contributed by atoms with E-state index in [1.54, 1.807) is 19.1 Å². The van der Waals surface area contributed by atoms with Crippen LogP contribution in [0, 0.1) is 0 Å². The number of thioether (sulfide) groups is 1. The van der Waals surface area contributed by atoms with Crippen molar-refractivity contribution in [3.05, 3.63) is 65.2 Å². The first-order chi connectivity index (χ1) is 13.5. The van der Waals surface area contributed by atoms with E-state index in [0.717, 1.165) is 11.3 Å². The minimum Gasteiger partial charge on any atom is -0.493 e. The van der Waals surface area contributed by atoms with Crippen LogP contribution in [-0.4, -0.2) is 42.9 Å². The summed E-state index contributed by atoms with van der Waals surface area (Å²) in [7, 11) is 5.14. The molecule has 0 bridgehead atoms. The van der Waals surface area contributed by atoms with Crippen molar-refractivity contribution in [3.63, 3.8) is 0 Å². The van der Waals surface area contributed by atoms with Crippen molar-refractivity contribution < 1.29 is 14.3 Å². The molecule has 1 saturated heterocycles. The van der Waals surface area contributed by atoms with Gasteiger partial charge in [0.2, 0.25) is 0 Å². The Balaban J connectivity index is 1.68. The lowest BCUT2D eigenvalue weighted by molar-refractivity contribution is -0.122. The van der Waals surface area contributed by atoms with Gasteiger partial charge >= 0.3 is 0 Å². The summed E-state index contributed by atoms with van der Waals surface area (Å²) in [5, 5.41) is 0. The van der Waals surface area contributed by atoms with Gasteiger partial charge in [0.25, 0.3) is 5.91 Å². The first-order valence-corrected chi connectivity index (χ1v) is 10.00. The average molecular weight is 415 g/mol. The number of nitrogens with zero attached hydrogens (tertiary/aromatic N) is 2. The van der Waals surface area contributed by atoms with Gasteiger partial charge in [0, 0.05) is 25.5 Å². The van der Waals surface area contributed by atoms with E-state index < -0.39 is 0 Å². The van der Waals surface area contributed by atoms with Gasteiger partial charge < -0.3 is 14.4 Å². The quantitative estimate of drug-likeness (QED) is 0.502. The van der Waals surface area contributed by atoms with E-state index in [-0.39, 0.29) is 5.91 Å². The van der Waals surface area contributed by atoms with Crippen LogP contribution in [0.15, 0.2) is 59.6 Å². The molecule has 1 aliphatic heterocycles. The summed E-state index contributed by atoms with van der Waals surface area (Å²) in [5.41, 5.74) is 2.06. The number of benzene rings is 2. The summed E-state index contributed by atoms with van der Waals surface area (Å²) >= 11 is 6.77. The second-order valence-corrected chi connectivity index (χ2v) is 7.88. The number of anilines is 1. The van der Waals surface area contributed by atoms with E-state index >= 15 is 0 Å². The predicted molar refractivity (Wildman–Crippen MR) is 118 cm³/mol. The zero-order valence-corrected chi connectivity index (χ0v) is 17.7. The fourth-order valence-corrected chi connectivity index (χ4v) is 4.20. The Morgan fingerprint density at radius 2 is 1.82 bits per heavy atom. The minimum atomic E-state index is -0.0572. The molecule has 0 unspecified atom stereocenters. The van der Waals surface area contributed by atoms with Gasteiger partial charge in [-0.05, 0) is 36.2 Å². The lowest BCUT2D eigenvalue weighted by atomic mass is 10.1. The third-order valence-electron chi connectivity index (χ3n) is 4.42. The van der Waals surface area contributed by atoms with Crippen molar-refractivity contribution in [3.8, 4) is 11.5 Å². The molecule has 1 amide bonds. The molecule has 3 rings (SSSR count).